The number of pyridine rings is 1. The van der Waals surface area contributed by atoms with Gasteiger partial charge in [-0.15, -0.1) is 5.10 Å². The highest BCUT2D eigenvalue weighted by Crippen LogP contribution is 2.25. The van der Waals surface area contributed by atoms with Crippen molar-refractivity contribution in [2.24, 2.45) is 0 Å². The van der Waals surface area contributed by atoms with E-state index in [0.29, 0.717) is 25.4 Å². The molecule has 1 fully saturated rings. The Labute approximate surface area is 151 Å². The lowest BCUT2D eigenvalue weighted by molar-refractivity contribution is 0.0492. The normalized spacial score (nSPS) is 14.1. The van der Waals surface area contributed by atoms with Crippen LogP contribution in [0.2, 0.25) is 0 Å². The first kappa shape index (κ1) is 16.3. The number of hydrogen-bond donors (Lipinski definition) is 0. The van der Waals surface area contributed by atoms with Crippen molar-refractivity contribution < 1.29 is 9.53 Å². The topological polar surface area (TPSA) is 73.1 Å². The van der Waals surface area contributed by atoms with Crippen molar-refractivity contribution in [1.82, 2.24) is 24.9 Å². The van der Waals surface area contributed by atoms with Gasteiger partial charge in [0.05, 0.1) is 18.8 Å². The fraction of sp³-hybridized carbons (Fsp3) is 0.263. The minimum atomic E-state index is -0.0475. The number of ether oxygens (including phenoxy) is 1. The zero-order valence-corrected chi connectivity index (χ0v) is 14.4. The highest BCUT2D eigenvalue weighted by atomic mass is 16.5. The molecule has 26 heavy (non-hydrogen) atoms. The molecule has 1 saturated heterocycles. The Morgan fingerprint density at radius 1 is 1.19 bits per heavy atom. The summed E-state index contributed by atoms with van der Waals surface area (Å²) in [6, 6.07) is 13.3. The number of amides is 1. The minimum Gasteiger partial charge on any atom is -0.494 e. The predicted octanol–water partition coefficient (Wildman–Crippen LogP) is 2.44. The summed E-state index contributed by atoms with van der Waals surface area (Å²) in [5, 5.41) is 8.47. The number of rotatable bonds is 5. The minimum absolute atomic E-state index is 0.0475. The number of hydrogen-bond acceptors (Lipinski definition) is 5. The summed E-state index contributed by atoms with van der Waals surface area (Å²) in [5.41, 5.74) is 2.27. The molecule has 0 atom stereocenters. The van der Waals surface area contributed by atoms with Crippen LogP contribution in [0.3, 0.4) is 0 Å². The zero-order valence-electron chi connectivity index (χ0n) is 14.4. The van der Waals surface area contributed by atoms with Crippen LogP contribution >= 0.6 is 0 Å². The van der Waals surface area contributed by atoms with Crippen molar-refractivity contribution in [2.75, 3.05) is 19.7 Å². The largest absolute Gasteiger partial charge is 0.494 e. The molecule has 132 valence electrons. The van der Waals surface area contributed by atoms with Crippen LogP contribution in [0.25, 0.3) is 11.3 Å². The van der Waals surface area contributed by atoms with Gasteiger partial charge in [-0.2, -0.15) is 0 Å². The van der Waals surface area contributed by atoms with Gasteiger partial charge in [0, 0.05) is 24.8 Å². The number of aromatic nitrogens is 4. The number of carbonyl (C=O) groups excluding carboxylic acids is 1. The number of carbonyl (C=O) groups is 1. The third-order valence-corrected chi connectivity index (χ3v) is 4.38. The van der Waals surface area contributed by atoms with Gasteiger partial charge in [0.25, 0.3) is 5.91 Å². The molecule has 0 spiro atoms. The molecule has 0 unspecified atom stereocenters. The first-order valence-electron chi connectivity index (χ1n) is 8.60. The first-order chi connectivity index (χ1) is 12.7. The van der Waals surface area contributed by atoms with E-state index < -0.39 is 0 Å². The van der Waals surface area contributed by atoms with Crippen LogP contribution in [0, 0.1) is 0 Å². The molecule has 2 aromatic heterocycles. The van der Waals surface area contributed by atoms with Crippen molar-refractivity contribution in [2.45, 2.75) is 13.0 Å². The first-order valence-corrected chi connectivity index (χ1v) is 8.60. The molecule has 1 aromatic carbocycles. The van der Waals surface area contributed by atoms with Crippen molar-refractivity contribution >= 4 is 5.91 Å². The Morgan fingerprint density at radius 2 is 2.00 bits per heavy atom. The van der Waals surface area contributed by atoms with Gasteiger partial charge in [0.1, 0.15) is 17.1 Å². The van der Waals surface area contributed by atoms with E-state index in [-0.39, 0.29) is 11.9 Å². The molecule has 0 saturated carbocycles. The molecular weight excluding hydrogens is 330 g/mol. The Balaban J connectivity index is 1.39. The average molecular weight is 349 g/mol. The highest BCUT2D eigenvalue weighted by molar-refractivity contribution is 5.92. The molecular formula is C19H19N5O2. The lowest BCUT2D eigenvalue weighted by Crippen LogP contribution is -2.51. The number of benzene rings is 1. The fourth-order valence-corrected chi connectivity index (χ4v) is 2.92. The highest BCUT2D eigenvalue weighted by Gasteiger charge is 2.33. The van der Waals surface area contributed by atoms with Crippen molar-refractivity contribution in [3.8, 4) is 17.0 Å². The molecule has 1 amide bonds. The molecule has 1 aliphatic rings. The Kier molecular flexibility index (Phi) is 4.35. The van der Waals surface area contributed by atoms with Crippen molar-refractivity contribution in [1.29, 1.82) is 0 Å². The maximum absolute atomic E-state index is 12.3. The van der Waals surface area contributed by atoms with Gasteiger partial charge < -0.3 is 9.64 Å². The van der Waals surface area contributed by atoms with Crippen molar-refractivity contribution in [3.05, 3.63) is 60.6 Å². The standard InChI is InChI=1S/C19H19N5O2/c1-2-26-16-8-6-14(7-9-16)18-13-24(22-21-18)15-11-23(12-15)19(25)17-5-3-4-10-20-17/h3-10,13,15H,2,11-12H2,1H3. The fourth-order valence-electron chi connectivity index (χ4n) is 2.92. The molecule has 7 nitrogen and oxygen atoms in total. The summed E-state index contributed by atoms with van der Waals surface area (Å²) < 4.78 is 7.28. The molecule has 0 radical (unpaired) electrons. The van der Waals surface area contributed by atoms with Gasteiger partial charge in [-0.25, -0.2) is 4.68 Å². The molecule has 3 aromatic rings. The molecule has 0 aliphatic carbocycles. The number of nitrogens with zero attached hydrogens (tertiary/aromatic N) is 5. The van der Waals surface area contributed by atoms with E-state index in [1.807, 2.05) is 48.1 Å². The monoisotopic (exact) mass is 349 g/mol. The summed E-state index contributed by atoms with van der Waals surface area (Å²) in [5.74, 6) is 0.792. The second-order valence-corrected chi connectivity index (χ2v) is 6.12. The Bertz CT molecular complexity index is 886. The van der Waals surface area contributed by atoms with Gasteiger partial charge in [0.15, 0.2) is 0 Å². The third-order valence-electron chi connectivity index (χ3n) is 4.38. The van der Waals surface area contributed by atoms with Crippen LogP contribution in [-0.2, 0) is 0 Å². The van der Waals surface area contributed by atoms with Crippen LogP contribution in [0.5, 0.6) is 5.75 Å². The van der Waals surface area contributed by atoms with Gasteiger partial charge in [-0.3, -0.25) is 9.78 Å². The predicted molar refractivity (Wildman–Crippen MR) is 95.8 cm³/mol. The molecule has 3 heterocycles. The second kappa shape index (κ2) is 6.95. The molecule has 0 bridgehead atoms. The van der Waals surface area contributed by atoms with E-state index in [0.717, 1.165) is 17.0 Å². The maximum Gasteiger partial charge on any atom is 0.272 e. The smallest absolute Gasteiger partial charge is 0.272 e. The molecule has 0 N–H and O–H groups in total. The summed E-state index contributed by atoms with van der Waals surface area (Å²) >= 11 is 0. The van der Waals surface area contributed by atoms with Crippen LogP contribution < -0.4 is 4.74 Å². The van der Waals surface area contributed by atoms with E-state index in [2.05, 4.69) is 15.3 Å². The molecule has 1 aliphatic heterocycles. The van der Waals surface area contributed by atoms with E-state index in [1.165, 1.54) is 0 Å². The lowest BCUT2D eigenvalue weighted by Gasteiger charge is -2.38. The average Bonchev–Trinajstić information content (AvgIpc) is 3.12. The zero-order chi connectivity index (χ0) is 17.9. The molecule has 7 heteroatoms. The van der Waals surface area contributed by atoms with E-state index in [9.17, 15) is 4.79 Å². The van der Waals surface area contributed by atoms with Gasteiger partial charge >= 0.3 is 0 Å². The quantitative estimate of drug-likeness (QED) is 0.707. The van der Waals surface area contributed by atoms with Crippen LogP contribution in [-0.4, -0.2) is 50.5 Å². The SMILES string of the molecule is CCOc1ccc(-c2cn(C3CN(C(=O)c4ccccn4)C3)nn2)cc1. The summed E-state index contributed by atoms with van der Waals surface area (Å²) in [6.45, 7) is 3.83. The van der Waals surface area contributed by atoms with Crippen molar-refractivity contribution in [3.63, 3.8) is 0 Å². The Morgan fingerprint density at radius 3 is 2.69 bits per heavy atom. The second-order valence-electron chi connectivity index (χ2n) is 6.12. The van der Waals surface area contributed by atoms with Gasteiger partial charge in [0.2, 0.25) is 0 Å². The van der Waals surface area contributed by atoms with Crippen LogP contribution in [0.4, 0.5) is 0 Å². The summed E-state index contributed by atoms with van der Waals surface area (Å²) in [6.07, 6.45) is 3.55. The van der Waals surface area contributed by atoms with Crippen LogP contribution in [0.1, 0.15) is 23.5 Å². The third kappa shape index (κ3) is 3.15. The van der Waals surface area contributed by atoms with Gasteiger partial charge in [-0.1, -0.05) is 11.3 Å². The number of likely N-dealkylation sites (tertiary alicyclic amines) is 1. The van der Waals surface area contributed by atoms with E-state index >= 15 is 0 Å². The summed E-state index contributed by atoms with van der Waals surface area (Å²) in [4.78, 5) is 18.2. The van der Waals surface area contributed by atoms with E-state index in [1.54, 1.807) is 23.2 Å². The molecule has 4 rings (SSSR count). The Hall–Kier alpha value is -3.22. The lowest BCUT2D eigenvalue weighted by atomic mass is 10.1. The maximum atomic E-state index is 12.3. The summed E-state index contributed by atoms with van der Waals surface area (Å²) in [7, 11) is 0. The van der Waals surface area contributed by atoms with Gasteiger partial charge in [-0.05, 0) is 43.3 Å². The van der Waals surface area contributed by atoms with E-state index in [4.69, 9.17) is 4.74 Å². The van der Waals surface area contributed by atoms with Crippen LogP contribution in [0.15, 0.2) is 54.9 Å².